The van der Waals surface area contributed by atoms with E-state index in [1.165, 1.54) is 0 Å². The summed E-state index contributed by atoms with van der Waals surface area (Å²) in [5.74, 6) is -0.177. The van der Waals surface area contributed by atoms with Gasteiger partial charge in [0.25, 0.3) is 0 Å². The van der Waals surface area contributed by atoms with Gasteiger partial charge in [0.15, 0.2) is 5.76 Å². The molecule has 0 bridgehead atoms. The number of aliphatic hydroxyl groups is 3. The van der Waals surface area contributed by atoms with Crippen molar-refractivity contribution in [2.24, 2.45) is 5.18 Å². The van der Waals surface area contributed by atoms with Gasteiger partial charge in [-0.1, -0.05) is 5.18 Å². The number of nitrogens with zero attached hydrogens (tertiary/aromatic N) is 1. The third kappa shape index (κ3) is 3.89. The first-order chi connectivity index (χ1) is 5.76. The van der Waals surface area contributed by atoms with Gasteiger partial charge >= 0.3 is 0 Å². The van der Waals surface area contributed by atoms with Crippen LogP contribution in [0.2, 0.25) is 0 Å². The highest BCUT2D eigenvalue weighted by atomic mass is 16.5. The van der Waals surface area contributed by atoms with Crippen LogP contribution in [-0.2, 0) is 4.74 Å². The lowest BCUT2D eigenvalue weighted by molar-refractivity contribution is 0.0775. The molecule has 1 atom stereocenters. The molecule has 3 N–H and O–H groups in total. The molecule has 0 aliphatic heterocycles. The van der Waals surface area contributed by atoms with Crippen molar-refractivity contribution in [3.63, 3.8) is 0 Å². The summed E-state index contributed by atoms with van der Waals surface area (Å²) >= 11 is 0. The molecule has 70 valence electrons. The lowest BCUT2D eigenvalue weighted by Gasteiger charge is -2.11. The van der Waals surface area contributed by atoms with E-state index in [1.54, 1.807) is 0 Å². The van der Waals surface area contributed by atoms with Crippen LogP contribution < -0.4 is 0 Å². The van der Waals surface area contributed by atoms with E-state index in [1.807, 2.05) is 0 Å². The van der Waals surface area contributed by atoms with Crippen LogP contribution in [0.5, 0.6) is 0 Å². The number of rotatable bonds is 6. The van der Waals surface area contributed by atoms with Crippen LogP contribution in [0.25, 0.3) is 0 Å². The van der Waals surface area contributed by atoms with Gasteiger partial charge in [-0.15, -0.1) is 0 Å². The predicted octanol–water partition coefficient (Wildman–Crippen LogP) is -0.478. The summed E-state index contributed by atoms with van der Waals surface area (Å²) in [4.78, 5) is 9.69. The van der Waals surface area contributed by atoms with Crippen LogP contribution in [-0.4, -0.2) is 41.2 Å². The molecule has 0 heterocycles. The van der Waals surface area contributed by atoms with Crippen molar-refractivity contribution in [3.8, 4) is 0 Å². The van der Waals surface area contributed by atoms with Crippen LogP contribution in [0.15, 0.2) is 17.2 Å². The molecule has 0 aromatic carbocycles. The second-order valence-corrected chi connectivity index (χ2v) is 1.93. The summed E-state index contributed by atoms with van der Waals surface area (Å²) in [5, 5.41) is 28.2. The Kier molecular flexibility index (Phi) is 5.94. The van der Waals surface area contributed by atoms with Gasteiger partial charge in [0.1, 0.15) is 25.5 Å². The third-order valence-electron chi connectivity index (χ3n) is 1.06. The number of ether oxygens (including phenoxy) is 1. The Morgan fingerprint density at radius 3 is 2.75 bits per heavy atom. The minimum absolute atomic E-state index is 0.0533. The molecule has 12 heavy (non-hydrogen) atoms. The highest BCUT2D eigenvalue weighted by Crippen LogP contribution is 2.03. The van der Waals surface area contributed by atoms with Crippen molar-refractivity contribution < 1.29 is 20.1 Å². The third-order valence-corrected chi connectivity index (χ3v) is 1.06. The van der Waals surface area contributed by atoms with Crippen molar-refractivity contribution in [1.82, 2.24) is 0 Å². The second kappa shape index (κ2) is 6.56. The highest BCUT2D eigenvalue weighted by Gasteiger charge is 2.12. The average Bonchev–Trinajstić information content (AvgIpc) is 2.06. The minimum atomic E-state index is -1.25. The zero-order chi connectivity index (χ0) is 9.40. The summed E-state index contributed by atoms with van der Waals surface area (Å²) in [6.45, 7) is -0.682. The first-order valence-corrected chi connectivity index (χ1v) is 3.31. The molecule has 6 nitrogen and oxygen atoms in total. The van der Waals surface area contributed by atoms with E-state index in [9.17, 15) is 4.91 Å². The van der Waals surface area contributed by atoms with Crippen molar-refractivity contribution in [2.75, 3.05) is 19.8 Å². The molecule has 0 radical (unpaired) electrons. The molecular weight excluding hydrogens is 166 g/mol. The summed E-state index contributed by atoms with van der Waals surface area (Å²) in [5.41, 5.74) is 0. The zero-order valence-corrected chi connectivity index (χ0v) is 6.38. The van der Waals surface area contributed by atoms with Gasteiger partial charge in [-0.25, -0.2) is 0 Å². The second-order valence-electron chi connectivity index (χ2n) is 1.93. The highest BCUT2D eigenvalue weighted by molar-refractivity contribution is 4.95. The normalized spacial score (nSPS) is 14.0. The molecular formula is C6H11NO5. The molecule has 0 saturated heterocycles. The van der Waals surface area contributed by atoms with Gasteiger partial charge in [-0.3, -0.25) is 0 Å². The van der Waals surface area contributed by atoms with Gasteiger partial charge in [-0.2, -0.15) is 4.91 Å². The number of hydrogen-bond donors (Lipinski definition) is 3. The zero-order valence-electron chi connectivity index (χ0n) is 6.38. The lowest BCUT2D eigenvalue weighted by atomic mass is 10.3. The Bertz CT molecular complexity index is 158. The van der Waals surface area contributed by atoms with E-state index in [0.29, 0.717) is 6.26 Å². The molecule has 0 saturated carbocycles. The van der Waals surface area contributed by atoms with Gasteiger partial charge in [0.05, 0.1) is 6.61 Å². The topological polar surface area (TPSA) is 99.4 Å². The Morgan fingerprint density at radius 1 is 1.67 bits per heavy atom. The maximum atomic E-state index is 9.69. The van der Waals surface area contributed by atoms with Crippen LogP contribution in [0.1, 0.15) is 0 Å². The maximum absolute atomic E-state index is 9.69. The van der Waals surface area contributed by atoms with Gasteiger partial charge in [-0.05, 0) is 0 Å². The van der Waals surface area contributed by atoms with Crippen molar-refractivity contribution >= 4 is 0 Å². The molecule has 0 fully saturated rings. The predicted molar refractivity (Wildman–Crippen MR) is 40.4 cm³/mol. The van der Waals surface area contributed by atoms with Crippen LogP contribution >= 0.6 is 0 Å². The number of nitroso groups, excluding NO2 is 1. The lowest BCUT2D eigenvalue weighted by Crippen LogP contribution is -2.17. The fraction of sp³-hybridized carbons (Fsp3) is 0.667. The molecule has 0 rings (SSSR count). The molecule has 6 heteroatoms. The van der Waals surface area contributed by atoms with Crippen LogP contribution in [0.4, 0.5) is 0 Å². The Labute approximate surface area is 69.1 Å². The maximum Gasteiger partial charge on any atom is 0.161 e. The largest absolute Gasteiger partial charge is 0.512 e. The summed E-state index contributed by atoms with van der Waals surface area (Å²) in [7, 11) is 0. The van der Waals surface area contributed by atoms with E-state index < -0.39 is 12.6 Å². The number of aliphatic hydroxyl groups excluding tert-OH is 3. The molecule has 0 amide bonds. The molecule has 1 unspecified atom stereocenters. The summed E-state index contributed by atoms with van der Waals surface area (Å²) in [6, 6.07) is 0. The fourth-order valence-electron chi connectivity index (χ4n) is 0.544. The molecule has 0 spiro atoms. The van der Waals surface area contributed by atoms with E-state index in [2.05, 4.69) is 9.91 Å². The van der Waals surface area contributed by atoms with E-state index in [0.717, 1.165) is 0 Å². The monoisotopic (exact) mass is 177 g/mol. The standard InChI is InChI=1S/C6H11NO5/c8-1-2-12-6(4-9)5(10)3-7-11/h4-5,8-10H,1-3H2/b6-4-. The molecule has 0 aliphatic rings. The van der Waals surface area contributed by atoms with E-state index in [4.69, 9.17) is 15.3 Å². The first-order valence-electron chi connectivity index (χ1n) is 3.31. The molecule has 0 aliphatic carbocycles. The summed E-state index contributed by atoms with van der Waals surface area (Å²) < 4.78 is 4.67. The van der Waals surface area contributed by atoms with Gasteiger partial charge in [0, 0.05) is 0 Å². The molecule has 0 aromatic heterocycles. The average molecular weight is 177 g/mol. The smallest absolute Gasteiger partial charge is 0.161 e. The number of hydrogen-bond acceptors (Lipinski definition) is 6. The van der Waals surface area contributed by atoms with Crippen LogP contribution in [0.3, 0.4) is 0 Å². The molecule has 0 aromatic rings. The SMILES string of the molecule is O=NCC(O)/C(=C/O)OCCO. The summed E-state index contributed by atoms with van der Waals surface area (Å²) in [6.07, 6.45) is -0.718. The Morgan fingerprint density at radius 2 is 2.33 bits per heavy atom. The van der Waals surface area contributed by atoms with Crippen molar-refractivity contribution in [1.29, 1.82) is 0 Å². The van der Waals surface area contributed by atoms with Crippen molar-refractivity contribution in [2.45, 2.75) is 6.10 Å². The van der Waals surface area contributed by atoms with Crippen LogP contribution in [0, 0.1) is 4.91 Å². The Balaban J connectivity index is 3.88. The quantitative estimate of drug-likeness (QED) is 0.376. The van der Waals surface area contributed by atoms with Gasteiger partial charge < -0.3 is 20.1 Å². The minimum Gasteiger partial charge on any atom is -0.512 e. The fourth-order valence-corrected chi connectivity index (χ4v) is 0.544. The van der Waals surface area contributed by atoms with E-state index in [-0.39, 0.29) is 19.0 Å². The van der Waals surface area contributed by atoms with E-state index >= 15 is 0 Å². The Hall–Kier alpha value is -1.14. The van der Waals surface area contributed by atoms with Gasteiger partial charge in [0.2, 0.25) is 0 Å². The van der Waals surface area contributed by atoms with Crippen molar-refractivity contribution in [3.05, 3.63) is 16.9 Å². The first kappa shape index (κ1) is 10.9.